The fraction of sp³-hybridized carbons (Fsp3) is 0.533. The van der Waals surface area contributed by atoms with Crippen LogP contribution in [0.5, 0.6) is 5.75 Å². The van der Waals surface area contributed by atoms with Crippen LogP contribution in [-0.4, -0.2) is 38.6 Å². The second-order valence-electron chi connectivity index (χ2n) is 6.32. The molecule has 3 rings (SSSR count). The molecule has 1 N–H and O–H groups in total. The van der Waals surface area contributed by atoms with Crippen molar-refractivity contribution in [2.45, 2.75) is 32.5 Å². The van der Waals surface area contributed by atoms with Gasteiger partial charge in [-0.1, -0.05) is 12.1 Å². The maximum absolute atomic E-state index is 11.8. The van der Waals surface area contributed by atoms with Gasteiger partial charge in [0, 0.05) is 12.0 Å². The zero-order valence-electron chi connectivity index (χ0n) is 13.0. The van der Waals surface area contributed by atoms with Crippen molar-refractivity contribution >= 4 is 18.7 Å². The lowest BCUT2D eigenvalue weighted by Crippen LogP contribution is -2.35. The average molecular weight is 305 g/mol. The van der Waals surface area contributed by atoms with E-state index in [1.54, 1.807) is 0 Å². The van der Waals surface area contributed by atoms with Crippen LogP contribution in [0.3, 0.4) is 0 Å². The number of benzene rings is 1. The molecule has 0 aromatic heterocycles. The Bertz CT molecular complexity index is 572. The highest BCUT2D eigenvalue weighted by Gasteiger charge is 2.41. The molecule has 0 saturated carbocycles. The summed E-state index contributed by atoms with van der Waals surface area (Å²) in [6, 6.07) is 5.80. The third-order valence-corrected chi connectivity index (χ3v) is 3.41. The minimum atomic E-state index is -0.522. The first-order valence-corrected chi connectivity index (χ1v) is 7.43. The first-order chi connectivity index (χ1) is 10.4. The number of amides is 1. The van der Waals surface area contributed by atoms with Gasteiger partial charge in [-0.25, -0.2) is 4.79 Å². The summed E-state index contributed by atoms with van der Waals surface area (Å²) in [6.45, 7) is 6.79. The second kappa shape index (κ2) is 5.81. The molecule has 0 aliphatic carbocycles. The fourth-order valence-corrected chi connectivity index (χ4v) is 2.59. The molecule has 118 valence electrons. The summed E-state index contributed by atoms with van der Waals surface area (Å²) in [5, 5.41) is 2.74. The number of alkyl carbamates (subject to hydrolysis) is 1. The van der Waals surface area contributed by atoms with Crippen LogP contribution >= 0.6 is 0 Å². The normalized spacial score (nSPS) is 20.0. The van der Waals surface area contributed by atoms with Crippen LogP contribution in [0.15, 0.2) is 18.2 Å². The molecule has 0 unspecified atom stereocenters. The molecule has 22 heavy (non-hydrogen) atoms. The Balaban J connectivity index is 1.69. The topological polar surface area (TPSA) is 66.0 Å². The van der Waals surface area contributed by atoms with Gasteiger partial charge in [0.15, 0.2) is 0 Å². The van der Waals surface area contributed by atoms with E-state index in [0.29, 0.717) is 19.8 Å². The molecular formula is C15H20BNO5. The van der Waals surface area contributed by atoms with Gasteiger partial charge in [0.2, 0.25) is 0 Å². The third-order valence-electron chi connectivity index (χ3n) is 3.41. The van der Waals surface area contributed by atoms with E-state index in [1.165, 1.54) is 0 Å². The maximum Gasteiger partial charge on any atom is 0.498 e. The molecule has 2 aliphatic heterocycles. The van der Waals surface area contributed by atoms with Crippen LogP contribution in [0.4, 0.5) is 4.79 Å². The summed E-state index contributed by atoms with van der Waals surface area (Å²) in [5.74, 6) is 0.791. The predicted molar refractivity (Wildman–Crippen MR) is 81.3 cm³/mol. The van der Waals surface area contributed by atoms with Gasteiger partial charge in [0.05, 0.1) is 12.7 Å². The van der Waals surface area contributed by atoms with Crippen LogP contribution in [0.25, 0.3) is 0 Å². The monoisotopic (exact) mass is 305 g/mol. The van der Waals surface area contributed by atoms with E-state index in [0.717, 1.165) is 16.8 Å². The first-order valence-electron chi connectivity index (χ1n) is 7.43. The summed E-state index contributed by atoms with van der Waals surface area (Å²) in [5.41, 5.74) is 1.39. The van der Waals surface area contributed by atoms with Crippen LogP contribution < -0.4 is 15.5 Å². The highest BCUT2D eigenvalue weighted by Crippen LogP contribution is 2.29. The van der Waals surface area contributed by atoms with Crippen LogP contribution in [0.2, 0.25) is 0 Å². The van der Waals surface area contributed by atoms with Gasteiger partial charge in [-0.2, -0.15) is 0 Å². The molecule has 1 aromatic carbocycles. The van der Waals surface area contributed by atoms with E-state index in [4.69, 9.17) is 18.8 Å². The lowest BCUT2D eigenvalue weighted by molar-refractivity contribution is 0.0494. The smallest absolute Gasteiger partial charge is 0.492 e. The Morgan fingerprint density at radius 3 is 3.00 bits per heavy atom. The van der Waals surface area contributed by atoms with Gasteiger partial charge in [-0.05, 0) is 32.4 Å². The number of nitrogens with one attached hydrogen (secondary N) is 1. The molecule has 1 atom stereocenters. The molecule has 0 spiro atoms. The van der Waals surface area contributed by atoms with Gasteiger partial charge < -0.3 is 24.1 Å². The molecule has 7 heteroatoms. The van der Waals surface area contributed by atoms with Gasteiger partial charge in [0.1, 0.15) is 18.0 Å². The molecule has 2 aliphatic rings. The summed E-state index contributed by atoms with van der Waals surface area (Å²) in [6.07, 6.45) is -0.726. The Hall–Kier alpha value is -1.73. The molecule has 1 aromatic rings. The van der Waals surface area contributed by atoms with Crippen molar-refractivity contribution in [2.75, 3.05) is 19.8 Å². The number of rotatable bonds is 2. The Morgan fingerprint density at radius 1 is 1.41 bits per heavy atom. The van der Waals surface area contributed by atoms with E-state index < -0.39 is 18.8 Å². The average Bonchev–Trinajstić information content (AvgIpc) is 2.64. The quantitative estimate of drug-likeness (QED) is 0.836. The molecule has 0 fully saturated rings. The van der Waals surface area contributed by atoms with E-state index >= 15 is 0 Å². The molecular weight excluding hydrogens is 285 g/mol. The van der Waals surface area contributed by atoms with E-state index in [1.807, 2.05) is 39.0 Å². The van der Waals surface area contributed by atoms with Crippen molar-refractivity contribution in [3.05, 3.63) is 23.8 Å². The Kier molecular flexibility index (Phi) is 4.01. The SMILES string of the molecule is CC(C)(C)OC(=O)NC[C@H]1OB2OCCOc3cccc1c32. The number of ether oxygens (including phenoxy) is 2. The number of hydrogen-bond donors (Lipinski definition) is 1. The number of carbonyl (C=O) groups excluding carboxylic acids is 1. The highest BCUT2D eigenvalue weighted by molar-refractivity contribution is 6.64. The highest BCUT2D eigenvalue weighted by atomic mass is 16.6. The van der Waals surface area contributed by atoms with Crippen molar-refractivity contribution in [3.63, 3.8) is 0 Å². The maximum atomic E-state index is 11.8. The van der Waals surface area contributed by atoms with Crippen molar-refractivity contribution < 1.29 is 23.6 Å². The summed E-state index contributed by atoms with van der Waals surface area (Å²) in [7, 11) is -0.431. The minimum Gasteiger partial charge on any atom is -0.492 e. The zero-order chi connectivity index (χ0) is 15.7. The number of hydrogen-bond acceptors (Lipinski definition) is 5. The minimum absolute atomic E-state index is 0.269. The van der Waals surface area contributed by atoms with E-state index in [9.17, 15) is 4.79 Å². The van der Waals surface area contributed by atoms with Crippen molar-refractivity contribution in [1.82, 2.24) is 5.32 Å². The molecule has 6 nitrogen and oxygen atoms in total. The molecule has 2 heterocycles. The molecule has 0 saturated heterocycles. The summed E-state index contributed by atoms with van der Waals surface area (Å²) >= 11 is 0. The fourth-order valence-electron chi connectivity index (χ4n) is 2.59. The Morgan fingerprint density at radius 2 is 2.23 bits per heavy atom. The first kappa shape index (κ1) is 15.2. The Labute approximate surface area is 130 Å². The van der Waals surface area contributed by atoms with Crippen LogP contribution in [0.1, 0.15) is 32.4 Å². The van der Waals surface area contributed by atoms with Crippen LogP contribution in [0, 0.1) is 0 Å². The van der Waals surface area contributed by atoms with Crippen molar-refractivity contribution in [2.24, 2.45) is 0 Å². The lowest BCUT2D eigenvalue weighted by atomic mass is 9.78. The van der Waals surface area contributed by atoms with E-state index in [-0.39, 0.29) is 6.10 Å². The summed E-state index contributed by atoms with van der Waals surface area (Å²) in [4.78, 5) is 11.8. The zero-order valence-corrected chi connectivity index (χ0v) is 13.0. The predicted octanol–water partition coefficient (Wildman–Crippen LogP) is 1.39. The lowest BCUT2D eigenvalue weighted by Gasteiger charge is -2.21. The standard InChI is InChI=1S/C15H20BNO5/c1-15(2,3)21-14(18)17-9-12-10-5-4-6-11-13(10)16(22-12)20-8-7-19-11/h4-6,12H,7-9H2,1-3H3,(H,17,18)/t12-/m1/s1. The van der Waals surface area contributed by atoms with Gasteiger partial charge in [-0.3, -0.25) is 0 Å². The van der Waals surface area contributed by atoms with Crippen molar-refractivity contribution in [3.8, 4) is 5.75 Å². The molecule has 0 radical (unpaired) electrons. The second-order valence-corrected chi connectivity index (χ2v) is 6.32. The van der Waals surface area contributed by atoms with E-state index in [2.05, 4.69) is 5.32 Å². The molecule has 0 bridgehead atoms. The largest absolute Gasteiger partial charge is 0.498 e. The third kappa shape index (κ3) is 3.20. The van der Waals surface area contributed by atoms with Gasteiger partial charge >= 0.3 is 13.2 Å². The van der Waals surface area contributed by atoms with Crippen molar-refractivity contribution in [1.29, 1.82) is 0 Å². The van der Waals surface area contributed by atoms with Crippen LogP contribution in [-0.2, 0) is 14.0 Å². The van der Waals surface area contributed by atoms with Gasteiger partial charge in [-0.15, -0.1) is 0 Å². The van der Waals surface area contributed by atoms with Gasteiger partial charge in [0.25, 0.3) is 0 Å². The number of carbonyl (C=O) groups is 1. The summed E-state index contributed by atoms with van der Waals surface area (Å²) < 4.78 is 22.5. The molecule has 1 amide bonds.